The first-order valence-corrected chi connectivity index (χ1v) is 11.0. The van der Waals surface area contributed by atoms with Crippen molar-refractivity contribution in [3.05, 3.63) is 65.2 Å². The van der Waals surface area contributed by atoms with Crippen molar-refractivity contribution in [1.29, 1.82) is 0 Å². The van der Waals surface area contributed by atoms with Crippen LogP contribution in [-0.2, 0) is 13.1 Å². The number of hydrogen-bond acceptors (Lipinski definition) is 3. The highest BCUT2D eigenvalue weighted by atomic mass is 16.1. The Morgan fingerprint density at radius 1 is 1.03 bits per heavy atom. The van der Waals surface area contributed by atoms with E-state index in [4.69, 9.17) is 0 Å². The number of nitrogens with zero attached hydrogens (tertiary/aromatic N) is 2. The van der Waals surface area contributed by atoms with Crippen molar-refractivity contribution in [1.82, 2.24) is 9.80 Å². The minimum atomic E-state index is -0.0529. The van der Waals surface area contributed by atoms with Crippen LogP contribution in [0.25, 0.3) is 0 Å². The van der Waals surface area contributed by atoms with Crippen LogP contribution in [0.2, 0.25) is 0 Å². The van der Waals surface area contributed by atoms with Gasteiger partial charge in [-0.05, 0) is 81.7 Å². The van der Waals surface area contributed by atoms with Crippen LogP contribution >= 0.6 is 0 Å². The van der Waals surface area contributed by atoms with Crippen LogP contribution < -0.4 is 5.32 Å². The number of hydrogen-bond donors (Lipinski definition) is 1. The molecule has 1 fully saturated rings. The first-order valence-electron chi connectivity index (χ1n) is 11.0. The van der Waals surface area contributed by atoms with Gasteiger partial charge >= 0.3 is 0 Å². The standard InChI is InChI=1S/C25H35N3O/c1-4-28(20(2)3)19-21-11-13-23(14-12-21)25(29)26-24-10-8-9-22(17-24)18-27-15-6-5-7-16-27/h8-14,17,20H,4-7,15-16,18-19H2,1-3H3,(H,26,29). The molecule has 4 heteroatoms. The fourth-order valence-corrected chi connectivity index (χ4v) is 3.98. The molecule has 0 aromatic heterocycles. The molecule has 1 N–H and O–H groups in total. The zero-order valence-corrected chi connectivity index (χ0v) is 18.2. The zero-order chi connectivity index (χ0) is 20.6. The van der Waals surface area contributed by atoms with Crippen molar-refractivity contribution in [2.45, 2.75) is 59.2 Å². The molecule has 0 spiro atoms. The third kappa shape index (κ3) is 6.41. The molecule has 1 amide bonds. The Hall–Kier alpha value is -2.17. The van der Waals surface area contributed by atoms with E-state index in [0.29, 0.717) is 11.6 Å². The van der Waals surface area contributed by atoms with Crippen LogP contribution in [0.1, 0.15) is 61.5 Å². The third-order valence-electron chi connectivity index (χ3n) is 5.78. The Labute approximate surface area is 175 Å². The van der Waals surface area contributed by atoms with Crippen molar-refractivity contribution in [3.63, 3.8) is 0 Å². The number of nitrogens with one attached hydrogen (secondary N) is 1. The average Bonchev–Trinajstić information content (AvgIpc) is 2.73. The molecule has 0 atom stereocenters. The Kier molecular flexibility index (Phi) is 7.84. The lowest BCUT2D eigenvalue weighted by atomic mass is 10.1. The molecule has 0 aliphatic carbocycles. The van der Waals surface area contributed by atoms with Gasteiger partial charge < -0.3 is 5.32 Å². The summed E-state index contributed by atoms with van der Waals surface area (Å²) in [7, 11) is 0. The molecular weight excluding hydrogens is 358 g/mol. The molecule has 0 saturated carbocycles. The number of piperidine rings is 1. The smallest absolute Gasteiger partial charge is 0.255 e. The SMILES string of the molecule is CCN(Cc1ccc(C(=O)Nc2cccc(CN3CCCCC3)c2)cc1)C(C)C. The first-order chi connectivity index (χ1) is 14.0. The minimum absolute atomic E-state index is 0.0529. The van der Waals surface area contributed by atoms with Gasteiger partial charge in [-0.25, -0.2) is 0 Å². The molecule has 2 aromatic rings. The molecule has 1 saturated heterocycles. The maximum Gasteiger partial charge on any atom is 0.255 e. The molecule has 0 unspecified atom stereocenters. The normalized spacial score (nSPS) is 15.1. The second-order valence-corrected chi connectivity index (χ2v) is 8.35. The molecule has 1 aliphatic rings. The summed E-state index contributed by atoms with van der Waals surface area (Å²) < 4.78 is 0. The van der Waals surface area contributed by atoms with Gasteiger partial charge in [0.15, 0.2) is 0 Å². The Morgan fingerprint density at radius 3 is 2.41 bits per heavy atom. The molecule has 2 aromatic carbocycles. The molecule has 29 heavy (non-hydrogen) atoms. The van der Waals surface area contributed by atoms with E-state index in [1.165, 1.54) is 43.5 Å². The van der Waals surface area contributed by atoms with Gasteiger partial charge in [0.25, 0.3) is 5.91 Å². The van der Waals surface area contributed by atoms with E-state index in [-0.39, 0.29) is 5.91 Å². The van der Waals surface area contributed by atoms with E-state index in [1.54, 1.807) is 0 Å². The van der Waals surface area contributed by atoms with Gasteiger partial charge in [0, 0.05) is 30.4 Å². The maximum atomic E-state index is 12.7. The predicted molar refractivity (Wildman–Crippen MR) is 121 cm³/mol. The van der Waals surface area contributed by atoms with E-state index in [0.717, 1.165) is 25.3 Å². The predicted octanol–water partition coefficient (Wildman–Crippen LogP) is 5.16. The summed E-state index contributed by atoms with van der Waals surface area (Å²) in [5.74, 6) is -0.0529. The summed E-state index contributed by atoms with van der Waals surface area (Å²) in [4.78, 5) is 17.6. The number of benzene rings is 2. The summed E-state index contributed by atoms with van der Waals surface area (Å²) in [6.07, 6.45) is 3.93. The molecule has 0 radical (unpaired) electrons. The van der Waals surface area contributed by atoms with Gasteiger partial charge in [-0.1, -0.05) is 37.6 Å². The Morgan fingerprint density at radius 2 is 1.76 bits per heavy atom. The van der Waals surface area contributed by atoms with Crippen molar-refractivity contribution < 1.29 is 4.79 Å². The molecule has 1 heterocycles. The van der Waals surface area contributed by atoms with Gasteiger partial charge in [-0.2, -0.15) is 0 Å². The van der Waals surface area contributed by atoms with Crippen LogP contribution in [0.4, 0.5) is 5.69 Å². The second kappa shape index (κ2) is 10.6. The highest BCUT2D eigenvalue weighted by Gasteiger charge is 2.12. The fourth-order valence-electron chi connectivity index (χ4n) is 3.98. The second-order valence-electron chi connectivity index (χ2n) is 8.35. The summed E-state index contributed by atoms with van der Waals surface area (Å²) in [5, 5.41) is 3.06. The van der Waals surface area contributed by atoms with Gasteiger partial charge in [0.1, 0.15) is 0 Å². The number of anilines is 1. The topological polar surface area (TPSA) is 35.6 Å². The number of carbonyl (C=O) groups excluding carboxylic acids is 1. The summed E-state index contributed by atoms with van der Waals surface area (Å²) in [6, 6.07) is 16.7. The van der Waals surface area contributed by atoms with Gasteiger partial charge in [-0.15, -0.1) is 0 Å². The van der Waals surface area contributed by atoms with Crippen LogP contribution in [0.3, 0.4) is 0 Å². The quantitative estimate of drug-likeness (QED) is 0.673. The highest BCUT2D eigenvalue weighted by Crippen LogP contribution is 2.17. The number of likely N-dealkylation sites (tertiary alicyclic amines) is 1. The van der Waals surface area contributed by atoms with Crippen LogP contribution in [-0.4, -0.2) is 41.4 Å². The third-order valence-corrected chi connectivity index (χ3v) is 5.78. The summed E-state index contributed by atoms with van der Waals surface area (Å²) in [5.41, 5.74) is 4.06. The fraction of sp³-hybridized carbons (Fsp3) is 0.480. The molecule has 0 bridgehead atoms. The lowest BCUT2D eigenvalue weighted by molar-refractivity contribution is 0.102. The van der Waals surface area contributed by atoms with Gasteiger partial charge in [0.2, 0.25) is 0 Å². The lowest BCUT2D eigenvalue weighted by Gasteiger charge is -2.26. The molecule has 4 nitrogen and oxygen atoms in total. The summed E-state index contributed by atoms with van der Waals surface area (Å²) in [6.45, 7) is 11.9. The molecule has 1 aliphatic heterocycles. The van der Waals surface area contributed by atoms with E-state index >= 15 is 0 Å². The van der Waals surface area contributed by atoms with Gasteiger partial charge in [0.05, 0.1) is 0 Å². The number of carbonyl (C=O) groups is 1. The Bertz CT molecular complexity index is 779. The van der Waals surface area contributed by atoms with Crippen molar-refractivity contribution in [2.24, 2.45) is 0 Å². The highest BCUT2D eigenvalue weighted by molar-refractivity contribution is 6.04. The number of rotatable bonds is 8. The maximum absolute atomic E-state index is 12.7. The van der Waals surface area contributed by atoms with Crippen molar-refractivity contribution in [3.8, 4) is 0 Å². The molecular formula is C25H35N3O. The first kappa shape index (κ1) is 21.5. The van der Waals surface area contributed by atoms with Crippen LogP contribution in [0.5, 0.6) is 0 Å². The van der Waals surface area contributed by atoms with Gasteiger partial charge in [-0.3, -0.25) is 14.6 Å². The summed E-state index contributed by atoms with van der Waals surface area (Å²) >= 11 is 0. The Balaban J connectivity index is 1.59. The van der Waals surface area contributed by atoms with Crippen LogP contribution in [0, 0.1) is 0 Å². The van der Waals surface area contributed by atoms with E-state index in [1.807, 2.05) is 24.3 Å². The zero-order valence-electron chi connectivity index (χ0n) is 18.2. The van der Waals surface area contributed by atoms with E-state index in [9.17, 15) is 4.79 Å². The monoisotopic (exact) mass is 393 g/mol. The van der Waals surface area contributed by atoms with E-state index < -0.39 is 0 Å². The lowest BCUT2D eigenvalue weighted by Crippen LogP contribution is -2.29. The van der Waals surface area contributed by atoms with Crippen molar-refractivity contribution >= 4 is 11.6 Å². The molecule has 3 rings (SSSR count). The largest absolute Gasteiger partial charge is 0.322 e. The van der Waals surface area contributed by atoms with Crippen LogP contribution in [0.15, 0.2) is 48.5 Å². The van der Waals surface area contributed by atoms with E-state index in [2.05, 4.69) is 60.2 Å². The molecule has 156 valence electrons. The van der Waals surface area contributed by atoms with Crippen molar-refractivity contribution in [2.75, 3.05) is 25.0 Å². The average molecular weight is 394 g/mol. The number of amides is 1. The minimum Gasteiger partial charge on any atom is -0.322 e.